The van der Waals surface area contributed by atoms with Gasteiger partial charge in [0.1, 0.15) is 10.7 Å². The van der Waals surface area contributed by atoms with E-state index in [0.29, 0.717) is 10.6 Å². The minimum absolute atomic E-state index is 0.0242. The van der Waals surface area contributed by atoms with Gasteiger partial charge in [0.2, 0.25) is 15.9 Å². The standard InChI is InChI=1S/C17H17Cl2FN2O3S2/c1-10(26-12-5-7-15(20)14(19)9-12)17(23)21-11-4-6-13(18)16(8-11)27(24,25)22(2)3/h4-10H,1-3H3,(H,21,23). The van der Waals surface area contributed by atoms with Crippen LogP contribution in [0.15, 0.2) is 46.2 Å². The monoisotopic (exact) mass is 450 g/mol. The Kier molecular flexibility index (Phi) is 7.15. The minimum Gasteiger partial charge on any atom is -0.325 e. The summed E-state index contributed by atoms with van der Waals surface area (Å²) < 4.78 is 38.9. The van der Waals surface area contributed by atoms with Crippen molar-refractivity contribution in [3.8, 4) is 0 Å². The Balaban J connectivity index is 2.16. The van der Waals surface area contributed by atoms with Gasteiger partial charge in [-0.15, -0.1) is 11.8 Å². The Morgan fingerprint density at radius 2 is 1.81 bits per heavy atom. The molecule has 0 spiro atoms. The smallest absolute Gasteiger partial charge is 0.244 e. The molecular weight excluding hydrogens is 434 g/mol. The molecule has 1 unspecified atom stereocenters. The van der Waals surface area contributed by atoms with Crippen molar-refractivity contribution < 1.29 is 17.6 Å². The first-order chi connectivity index (χ1) is 12.5. The van der Waals surface area contributed by atoms with E-state index in [1.54, 1.807) is 6.92 Å². The highest BCUT2D eigenvalue weighted by Gasteiger charge is 2.22. The van der Waals surface area contributed by atoms with E-state index in [1.807, 2.05) is 0 Å². The van der Waals surface area contributed by atoms with Gasteiger partial charge in [0.05, 0.1) is 15.3 Å². The summed E-state index contributed by atoms with van der Waals surface area (Å²) in [4.78, 5) is 13.0. The van der Waals surface area contributed by atoms with Gasteiger partial charge in [-0.3, -0.25) is 4.79 Å². The fourth-order valence-electron chi connectivity index (χ4n) is 2.03. The Labute approximate surface area is 171 Å². The quantitative estimate of drug-likeness (QED) is 0.657. The topological polar surface area (TPSA) is 66.5 Å². The molecule has 2 aromatic rings. The molecule has 146 valence electrons. The SMILES string of the molecule is CC(Sc1ccc(F)c(Cl)c1)C(=O)Nc1ccc(Cl)c(S(=O)(=O)N(C)C)c1. The molecule has 0 aliphatic heterocycles. The van der Waals surface area contributed by atoms with Crippen LogP contribution in [0.4, 0.5) is 10.1 Å². The molecule has 1 N–H and O–H groups in total. The Morgan fingerprint density at radius 1 is 1.15 bits per heavy atom. The number of carbonyl (C=O) groups excluding carboxylic acids is 1. The van der Waals surface area contributed by atoms with Gasteiger partial charge in [-0.1, -0.05) is 23.2 Å². The number of sulfonamides is 1. The Hall–Kier alpha value is -1.32. The van der Waals surface area contributed by atoms with Crippen molar-refractivity contribution in [2.24, 2.45) is 0 Å². The molecule has 0 aliphatic carbocycles. The molecule has 0 bridgehead atoms. The van der Waals surface area contributed by atoms with E-state index in [4.69, 9.17) is 23.2 Å². The van der Waals surface area contributed by atoms with E-state index >= 15 is 0 Å². The average molecular weight is 451 g/mol. The molecule has 0 saturated carbocycles. The van der Waals surface area contributed by atoms with Crippen LogP contribution in [0.3, 0.4) is 0 Å². The van der Waals surface area contributed by atoms with Gasteiger partial charge >= 0.3 is 0 Å². The van der Waals surface area contributed by atoms with Crippen molar-refractivity contribution in [1.29, 1.82) is 0 Å². The van der Waals surface area contributed by atoms with E-state index in [1.165, 1.54) is 62.3 Å². The van der Waals surface area contributed by atoms with Crippen molar-refractivity contribution >= 4 is 56.6 Å². The normalized spacial score (nSPS) is 12.9. The lowest BCUT2D eigenvalue weighted by molar-refractivity contribution is -0.115. The third kappa shape index (κ3) is 5.36. The largest absolute Gasteiger partial charge is 0.325 e. The number of benzene rings is 2. The summed E-state index contributed by atoms with van der Waals surface area (Å²) in [6.45, 7) is 1.67. The van der Waals surface area contributed by atoms with Gasteiger partial charge in [-0.25, -0.2) is 17.1 Å². The number of halogens is 3. The summed E-state index contributed by atoms with van der Waals surface area (Å²) >= 11 is 12.9. The maximum atomic E-state index is 13.2. The summed E-state index contributed by atoms with van der Waals surface area (Å²) in [5.74, 6) is -0.884. The van der Waals surface area contributed by atoms with Crippen molar-refractivity contribution in [2.75, 3.05) is 19.4 Å². The van der Waals surface area contributed by atoms with E-state index in [-0.39, 0.29) is 20.8 Å². The summed E-state index contributed by atoms with van der Waals surface area (Å²) in [7, 11) is -0.964. The van der Waals surface area contributed by atoms with Crippen LogP contribution < -0.4 is 5.32 Å². The zero-order valence-electron chi connectivity index (χ0n) is 14.7. The number of carbonyl (C=O) groups is 1. The van der Waals surface area contributed by atoms with Gasteiger partial charge in [0.15, 0.2) is 0 Å². The molecule has 0 fully saturated rings. The number of amides is 1. The van der Waals surface area contributed by atoms with E-state index < -0.39 is 21.1 Å². The fourth-order valence-corrected chi connectivity index (χ4v) is 4.57. The number of nitrogens with zero attached hydrogens (tertiary/aromatic N) is 1. The first-order valence-electron chi connectivity index (χ1n) is 7.67. The predicted molar refractivity (Wildman–Crippen MR) is 108 cm³/mol. The van der Waals surface area contributed by atoms with Crippen molar-refractivity contribution in [1.82, 2.24) is 4.31 Å². The van der Waals surface area contributed by atoms with E-state index in [2.05, 4.69) is 5.32 Å². The van der Waals surface area contributed by atoms with E-state index in [0.717, 1.165) is 4.31 Å². The highest BCUT2D eigenvalue weighted by atomic mass is 35.5. The summed E-state index contributed by atoms with van der Waals surface area (Å²) in [6.07, 6.45) is 0. The number of anilines is 1. The molecule has 27 heavy (non-hydrogen) atoms. The summed E-state index contributed by atoms with van der Waals surface area (Å²) in [5, 5.41) is 2.16. The molecule has 0 radical (unpaired) electrons. The van der Waals surface area contributed by atoms with Gasteiger partial charge in [-0.05, 0) is 43.3 Å². The second-order valence-electron chi connectivity index (χ2n) is 5.76. The lowest BCUT2D eigenvalue weighted by atomic mass is 10.3. The molecule has 0 aliphatic rings. The van der Waals surface area contributed by atoms with Crippen molar-refractivity contribution in [3.63, 3.8) is 0 Å². The highest BCUT2D eigenvalue weighted by molar-refractivity contribution is 8.00. The van der Waals surface area contributed by atoms with Crippen LogP contribution in [0.25, 0.3) is 0 Å². The Morgan fingerprint density at radius 3 is 2.41 bits per heavy atom. The molecule has 0 saturated heterocycles. The number of hydrogen-bond donors (Lipinski definition) is 1. The second kappa shape index (κ2) is 8.79. The first kappa shape index (κ1) is 22.0. The molecular formula is C17H17Cl2FN2O3S2. The molecule has 0 aromatic heterocycles. The summed E-state index contributed by atoms with van der Waals surface area (Å²) in [5.41, 5.74) is 0.300. The fraction of sp³-hybridized carbons (Fsp3) is 0.235. The zero-order chi connectivity index (χ0) is 20.4. The molecule has 2 rings (SSSR count). The number of thioether (sulfide) groups is 1. The highest BCUT2D eigenvalue weighted by Crippen LogP contribution is 2.30. The zero-order valence-corrected chi connectivity index (χ0v) is 17.8. The number of hydrogen-bond acceptors (Lipinski definition) is 4. The third-order valence-electron chi connectivity index (χ3n) is 3.53. The lowest BCUT2D eigenvalue weighted by Gasteiger charge is -2.16. The lowest BCUT2D eigenvalue weighted by Crippen LogP contribution is -2.24. The van der Waals surface area contributed by atoms with Crippen LogP contribution in [-0.4, -0.2) is 38.0 Å². The maximum Gasteiger partial charge on any atom is 0.244 e. The molecule has 1 amide bonds. The molecule has 0 heterocycles. The summed E-state index contributed by atoms with van der Waals surface area (Å²) in [6, 6.07) is 8.43. The molecule has 1 atom stereocenters. The third-order valence-corrected chi connectivity index (χ3v) is 7.21. The van der Waals surface area contributed by atoms with Crippen LogP contribution in [0.1, 0.15) is 6.92 Å². The van der Waals surface area contributed by atoms with Gasteiger partial charge in [0.25, 0.3) is 0 Å². The van der Waals surface area contributed by atoms with Gasteiger partial charge in [0, 0.05) is 24.7 Å². The van der Waals surface area contributed by atoms with Crippen LogP contribution in [0, 0.1) is 5.82 Å². The van der Waals surface area contributed by atoms with Crippen LogP contribution in [-0.2, 0) is 14.8 Å². The van der Waals surface area contributed by atoms with Gasteiger partial charge in [-0.2, -0.15) is 0 Å². The molecule has 10 heteroatoms. The maximum absolute atomic E-state index is 13.2. The van der Waals surface area contributed by atoms with Crippen LogP contribution in [0.2, 0.25) is 10.0 Å². The molecule has 5 nitrogen and oxygen atoms in total. The number of rotatable bonds is 6. The predicted octanol–water partition coefficient (Wildman–Crippen LogP) is 4.50. The van der Waals surface area contributed by atoms with Crippen molar-refractivity contribution in [3.05, 3.63) is 52.3 Å². The second-order valence-corrected chi connectivity index (χ2v) is 10.1. The van der Waals surface area contributed by atoms with Crippen LogP contribution >= 0.6 is 35.0 Å². The first-order valence-corrected chi connectivity index (χ1v) is 10.7. The average Bonchev–Trinajstić information content (AvgIpc) is 2.59. The van der Waals surface area contributed by atoms with E-state index in [9.17, 15) is 17.6 Å². The molecule has 2 aromatic carbocycles. The number of nitrogens with one attached hydrogen (secondary N) is 1. The Bertz CT molecular complexity index is 969. The minimum atomic E-state index is -3.75. The van der Waals surface area contributed by atoms with Crippen molar-refractivity contribution in [2.45, 2.75) is 22.0 Å². The van der Waals surface area contributed by atoms with Gasteiger partial charge < -0.3 is 5.32 Å². The van der Waals surface area contributed by atoms with Crippen LogP contribution in [0.5, 0.6) is 0 Å².